The first-order valence-electron chi connectivity index (χ1n) is 9.27. The smallest absolute Gasteiger partial charge is 0.408 e. The van der Waals surface area contributed by atoms with Crippen LogP contribution in [0.15, 0.2) is 62.6 Å². The second-order valence-electron chi connectivity index (χ2n) is 6.81. The average molecular weight is 426 g/mol. The van der Waals surface area contributed by atoms with Crippen molar-refractivity contribution >= 4 is 27.0 Å². The molecular weight excluding hydrogens is 408 g/mol. The van der Waals surface area contributed by atoms with Gasteiger partial charge in [-0.2, -0.15) is 9.57 Å². The fourth-order valence-electron chi connectivity index (χ4n) is 3.50. The number of piperazine rings is 1. The maximum absolute atomic E-state index is 12.9. The van der Waals surface area contributed by atoms with Crippen molar-refractivity contribution in [3.05, 3.63) is 64.6 Å². The summed E-state index contributed by atoms with van der Waals surface area (Å²) in [5.74, 6) is -0.906. The SMILES string of the molecule is N#Cc1ccccc1S(=O)(=O)N1CCN(C(=O)Cn2c(=O)oc3ccccc32)CC1. The number of carbonyl (C=O) groups is 1. The van der Waals surface area contributed by atoms with Gasteiger partial charge in [0.05, 0.1) is 16.0 Å². The number of hydrogen-bond donors (Lipinski definition) is 0. The second kappa shape index (κ2) is 7.78. The Bertz CT molecular complexity index is 1310. The number of oxazole rings is 1. The Morgan fingerprint density at radius 1 is 1.03 bits per heavy atom. The molecule has 2 aromatic carbocycles. The predicted molar refractivity (Wildman–Crippen MR) is 107 cm³/mol. The minimum Gasteiger partial charge on any atom is -0.408 e. The summed E-state index contributed by atoms with van der Waals surface area (Å²) in [4.78, 5) is 26.3. The zero-order chi connectivity index (χ0) is 21.3. The quantitative estimate of drug-likeness (QED) is 0.614. The van der Waals surface area contributed by atoms with Gasteiger partial charge in [0.1, 0.15) is 12.6 Å². The Morgan fingerprint density at radius 3 is 2.43 bits per heavy atom. The first-order chi connectivity index (χ1) is 14.4. The number of aromatic nitrogens is 1. The van der Waals surface area contributed by atoms with Crippen molar-refractivity contribution in [3.8, 4) is 6.07 Å². The molecule has 154 valence electrons. The maximum atomic E-state index is 12.9. The molecule has 0 atom stereocenters. The first kappa shape index (κ1) is 19.9. The number of nitriles is 1. The van der Waals surface area contributed by atoms with Crippen LogP contribution >= 0.6 is 0 Å². The molecule has 0 spiro atoms. The highest BCUT2D eigenvalue weighted by atomic mass is 32.2. The Morgan fingerprint density at radius 2 is 1.70 bits per heavy atom. The van der Waals surface area contributed by atoms with Gasteiger partial charge in [-0.1, -0.05) is 24.3 Å². The van der Waals surface area contributed by atoms with Crippen LogP contribution < -0.4 is 5.76 Å². The highest BCUT2D eigenvalue weighted by Gasteiger charge is 2.31. The van der Waals surface area contributed by atoms with Crippen LogP contribution in [0.3, 0.4) is 0 Å². The summed E-state index contributed by atoms with van der Waals surface area (Å²) in [6, 6.07) is 14.8. The minimum absolute atomic E-state index is 0.0382. The summed E-state index contributed by atoms with van der Waals surface area (Å²) < 4.78 is 33.5. The van der Waals surface area contributed by atoms with E-state index in [1.807, 2.05) is 6.07 Å². The summed E-state index contributed by atoms with van der Waals surface area (Å²) in [6.45, 7) is 0.415. The Balaban J connectivity index is 1.47. The molecule has 30 heavy (non-hydrogen) atoms. The van der Waals surface area contributed by atoms with Crippen LogP contribution in [-0.4, -0.2) is 54.3 Å². The lowest BCUT2D eigenvalue weighted by atomic mass is 10.2. The summed E-state index contributed by atoms with van der Waals surface area (Å²) >= 11 is 0. The van der Waals surface area contributed by atoms with Crippen molar-refractivity contribution in [1.82, 2.24) is 13.8 Å². The van der Waals surface area contributed by atoms with Gasteiger partial charge >= 0.3 is 5.76 Å². The number of hydrogen-bond acceptors (Lipinski definition) is 6. The van der Waals surface area contributed by atoms with E-state index >= 15 is 0 Å². The highest BCUT2D eigenvalue weighted by Crippen LogP contribution is 2.21. The molecule has 4 rings (SSSR count). The van der Waals surface area contributed by atoms with Gasteiger partial charge in [0.2, 0.25) is 15.9 Å². The molecule has 1 aliphatic heterocycles. The molecule has 1 saturated heterocycles. The molecule has 1 aliphatic rings. The monoisotopic (exact) mass is 426 g/mol. The van der Waals surface area contributed by atoms with Gasteiger partial charge in [-0.05, 0) is 24.3 Å². The molecule has 0 saturated carbocycles. The van der Waals surface area contributed by atoms with Crippen LogP contribution in [0.5, 0.6) is 0 Å². The third-order valence-corrected chi connectivity index (χ3v) is 7.04. The number of fused-ring (bicyclic) bond motifs is 1. The van der Waals surface area contributed by atoms with Gasteiger partial charge in [0.15, 0.2) is 5.58 Å². The van der Waals surface area contributed by atoms with Gasteiger partial charge in [-0.15, -0.1) is 0 Å². The van der Waals surface area contributed by atoms with E-state index in [1.165, 1.54) is 25.9 Å². The summed E-state index contributed by atoms with van der Waals surface area (Å²) in [7, 11) is -3.84. The fourth-order valence-corrected chi connectivity index (χ4v) is 5.06. The van der Waals surface area contributed by atoms with E-state index in [2.05, 4.69) is 0 Å². The number of amides is 1. The van der Waals surface area contributed by atoms with Gasteiger partial charge in [0.25, 0.3) is 0 Å². The van der Waals surface area contributed by atoms with E-state index in [4.69, 9.17) is 4.42 Å². The summed E-state index contributed by atoms with van der Waals surface area (Å²) in [5, 5.41) is 9.19. The van der Waals surface area contributed by atoms with Gasteiger partial charge in [0, 0.05) is 26.2 Å². The van der Waals surface area contributed by atoms with Crippen molar-refractivity contribution in [3.63, 3.8) is 0 Å². The molecule has 0 radical (unpaired) electrons. The molecular formula is C20H18N4O5S. The number of para-hydroxylation sites is 2. The van der Waals surface area contributed by atoms with Crippen LogP contribution in [0.4, 0.5) is 0 Å². The third kappa shape index (κ3) is 3.49. The number of nitrogens with zero attached hydrogens (tertiary/aromatic N) is 4. The minimum atomic E-state index is -3.84. The van der Waals surface area contributed by atoms with Crippen molar-refractivity contribution in [1.29, 1.82) is 5.26 Å². The average Bonchev–Trinajstić information content (AvgIpc) is 3.08. The zero-order valence-electron chi connectivity index (χ0n) is 15.9. The maximum Gasteiger partial charge on any atom is 0.420 e. The van der Waals surface area contributed by atoms with Crippen LogP contribution in [0.1, 0.15) is 5.56 Å². The van der Waals surface area contributed by atoms with E-state index in [0.29, 0.717) is 11.1 Å². The second-order valence-corrected chi connectivity index (χ2v) is 8.72. The molecule has 9 nitrogen and oxygen atoms in total. The van der Waals surface area contributed by atoms with E-state index in [-0.39, 0.29) is 49.1 Å². The predicted octanol–water partition coefficient (Wildman–Crippen LogP) is 0.999. The molecule has 1 aromatic heterocycles. The van der Waals surface area contributed by atoms with E-state index in [1.54, 1.807) is 36.4 Å². The molecule has 2 heterocycles. The topological polar surface area (TPSA) is 117 Å². The van der Waals surface area contributed by atoms with Crippen LogP contribution in [0.2, 0.25) is 0 Å². The summed E-state index contributed by atoms with van der Waals surface area (Å²) in [6.07, 6.45) is 0. The van der Waals surface area contributed by atoms with E-state index in [0.717, 1.165) is 0 Å². The zero-order valence-corrected chi connectivity index (χ0v) is 16.7. The molecule has 0 N–H and O–H groups in total. The van der Waals surface area contributed by atoms with Crippen LogP contribution in [-0.2, 0) is 21.4 Å². The Hall–Kier alpha value is -3.42. The largest absolute Gasteiger partial charge is 0.420 e. The number of carbonyl (C=O) groups excluding carboxylic acids is 1. The fraction of sp³-hybridized carbons (Fsp3) is 0.250. The number of benzene rings is 2. The van der Waals surface area contributed by atoms with Crippen LogP contribution in [0, 0.1) is 11.3 Å². The number of rotatable bonds is 4. The molecule has 0 unspecified atom stereocenters. The molecule has 10 heteroatoms. The highest BCUT2D eigenvalue weighted by molar-refractivity contribution is 7.89. The Kier molecular flexibility index (Phi) is 5.15. The van der Waals surface area contributed by atoms with Crippen LogP contribution in [0.25, 0.3) is 11.1 Å². The molecule has 1 fully saturated rings. The molecule has 1 amide bonds. The molecule has 0 aliphatic carbocycles. The third-order valence-electron chi connectivity index (χ3n) is 5.08. The van der Waals surface area contributed by atoms with Crippen molar-refractivity contribution in [2.45, 2.75) is 11.4 Å². The normalized spacial score (nSPS) is 15.2. The lowest BCUT2D eigenvalue weighted by Crippen LogP contribution is -2.51. The Labute approximate surface area is 172 Å². The van der Waals surface area contributed by atoms with E-state index < -0.39 is 15.8 Å². The van der Waals surface area contributed by atoms with E-state index in [9.17, 15) is 23.3 Å². The van der Waals surface area contributed by atoms with Crippen molar-refractivity contribution in [2.75, 3.05) is 26.2 Å². The number of sulfonamides is 1. The van der Waals surface area contributed by atoms with Gasteiger partial charge in [-0.3, -0.25) is 9.36 Å². The van der Waals surface area contributed by atoms with Gasteiger partial charge in [-0.25, -0.2) is 13.2 Å². The standard InChI is InChI=1S/C20H18N4O5S/c21-13-15-5-1-4-8-18(15)30(27,28)23-11-9-22(10-12-23)19(25)14-24-16-6-2-3-7-17(16)29-20(24)26/h1-8H,9-12,14H2. The lowest BCUT2D eigenvalue weighted by Gasteiger charge is -2.34. The van der Waals surface area contributed by atoms with Crippen molar-refractivity contribution < 1.29 is 17.6 Å². The molecule has 3 aromatic rings. The lowest BCUT2D eigenvalue weighted by molar-refractivity contribution is -0.133. The first-order valence-corrected chi connectivity index (χ1v) is 10.7. The van der Waals surface area contributed by atoms with Crippen molar-refractivity contribution in [2.24, 2.45) is 0 Å². The molecule has 0 bridgehead atoms. The summed E-state index contributed by atoms with van der Waals surface area (Å²) in [5.41, 5.74) is 1.02. The van der Waals surface area contributed by atoms with Gasteiger partial charge < -0.3 is 9.32 Å².